The summed E-state index contributed by atoms with van der Waals surface area (Å²) < 4.78 is 14.8. The molecule has 0 N–H and O–H groups in total. The standard InChI is InChI=1S/C29H30N2O4/c1-17-24-20(18-12-8-10-14-22(18)30(24)26(32)34-28(2,3)4)16-21-19-13-9-11-15-23(19)31(25(17)21)27(33)35-29(5,6)7/h8-16H,1-7H3. The third-order valence-corrected chi connectivity index (χ3v) is 5.98. The van der Waals surface area contributed by atoms with Crippen LogP contribution < -0.4 is 0 Å². The zero-order valence-corrected chi connectivity index (χ0v) is 21.2. The maximum atomic E-state index is 13.5. The molecule has 180 valence electrons. The van der Waals surface area contributed by atoms with Gasteiger partial charge in [0.05, 0.1) is 22.1 Å². The third kappa shape index (κ3) is 3.73. The molecule has 0 saturated heterocycles. The maximum Gasteiger partial charge on any atom is 0.419 e. The zero-order valence-electron chi connectivity index (χ0n) is 21.2. The second-order valence-electron chi connectivity index (χ2n) is 11.0. The number of hydrogen-bond donors (Lipinski definition) is 0. The molecule has 5 aromatic rings. The van der Waals surface area contributed by atoms with Gasteiger partial charge in [0, 0.05) is 21.5 Å². The number of carbonyl (C=O) groups excluding carboxylic acids is 2. The lowest BCUT2D eigenvalue weighted by molar-refractivity contribution is 0.0541. The van der Waals surface area contributed by atoms with Crippen LogP contribution in [0.4, 0.5) is 9.59 Å². The van der Waals surface area contributed by atoms with Crippen LogP contribution >= 0.6 is 0 Å². The van der Waals surface area contributed by atoms with Crippen molar-refractivity contribution in [3.8, 4) is 0 Å². The number of aromatic nitrogens is 2. The van der Waals surface area contributed by atoms with Crippen molar-refractivity contribution >= 4 is 55.8 Å². The van der Waals surface area contributed by atoms with Crippen molar-refractivity contribution in [2.45, 2.75) is 59.7 Å². The van der Waals surface area contributed by atoms with Gasteiger partial charge >= 0.3 is 12.2 Å². The molecule has 0 aliphatic heterocycles. The number of benzene rings is 3. The molecule has 0 atom stereocenters. The van der Waals surface area contributed by atoms with Crippen LogP contribution in [0, 0.1) is 6.92 Å². The molecule has 0 aliphatic carbocycles. The summed E-state index contributed by atoms with van der Waals surface area (Å²) in [5.74, 6) is 0. The number of fused-ring (bicyclic) bond motifs is 6. The molecule has 0 radical (unpaired) electrons. The topological polar surface area (TPSA) is 62.5 Å². The van der Waals surface area contributed by atoms with E-state index in [-0.39, 0.29) is 0 Å². The highest BCUT2D eigenvalue weighted by Crippen LogP contribution is 2.40. The minimum absolute atomic E-state index is 0.453. The molecule has 0 amide bonds. The molecule has 35 heavy (non-hydrogen) atoms. The summed E-state index contributed by atoms with van der Waals surface area (Å²) in [5.41, 5.74) is 2.47. The summed E-state index contributed by atoms with van der Waals surface area (Å²) in [6.45, 7) is 13.1. The molecule has 6 nitrogen and oxygen atoms in total. The van der Waals surface area contributed by atoms with Gasteiger partial charge in [0.2, 0.25) is 0 Å². The van der Waals surface area contributed by atoms with E-state index in [9.17, 15) is 9.59 Å². The highest BCUT2D eigenvalue weighted by atomic mass is 16.6. The van der Waals surface area contributed by atoms with Crippen molar-refractivity contribution in [1.82, 2.24) is 9.13 Å². The molecule has 0 unspecified atom stereocenters. The predicted molar refractivity (Wildman–Crippen MR) is 140 cm³/mol. The first kappa shape index (κ1) is 23.0. The van der Waals surface area contributed by atoms with Gasteiger partial charge in [-0.1, -0.05) is 36.4 Å². The molecule has 5 rings (SSSR count). The molecular formula is C29H30N2O4. The third-order valence-electron chi connectivity index (χ3n) is 5.98. The second kappa shape index (κ2) is 7.60. The van der Waals surface area contributed by atoms with Gasteiger partial charge in [-0.25, -0.2) is 18.7 Å². The van der Waals surface area contributed by atoms with E-state index in [0.717, 1.165) is 49.2 Å². The van der Waals surface area contributed by atoms with Crippen LogP contribution in [0.5, 0.6) is 0 Å². The second-order valence-corrected chi connectivity index (χ2v) is 11.0. The van der Waals surface area contributed by atoms with E-state index in [1.54, 1.807) is 9.13 Å². The van der Waals surface area contributed by atoms with Gasteiger partial charge in [-0.15, -0.1) is 0 Å². The molecule has 2 heterocycles. The number of rotatable bonds is 0. The van der Waals surface area contributed by atoms with Crippen LogP contribution in [0.2, 0.25) is 0 Å². The first-order chi connectivity index (χ1) is 16.4. The Kier molecular flexibility index (Phi) is 4.99. The molecular weight excluding hydrogens is 440 g/mol. The van der Waals surface area contributed by atoms with Crippen LogP contribution in [0.25, 0.3) is 43.6 Å². The number of ether oxygens (including phenoxy) is 2. The van der Waals surface area contributed by atoms with E-state index >= 15 is 0 Å². The molecule has 0 bridgehead atoms. The largest absolute Gasteiger partial charge is 0.443 e. The smallest absolute Gasteiger partial charge is 0.419 e. The van der Waals surface area contributed by atoms with Crippen molar-refractivity contribution in [1.29, 1.82) is 0 Å². The van der Waals surface area contributed by atoms with Crippen molar-refractivity contribution in [2.24, 2.45) is 0 Å². The van der Waals surface area contributed by atoms with E-state index in [1.807, 2.05) is 97.0 Å². The lowest BCUT2D eigenvalue weighted by atomic mass is 10.0. The summed E-state index contributed by atoms with van der Waals surface area (Å²) in [5, 5.41) is 3.77. The molecule has 3 aromatic carbocycles. The fourth-order valence-corrected chi connectivity index (χ4v) is 4.81. The Labute approximate surface area is 204 Å². The van der Waals surface area contributed by atoms with Crippen molar-refractivity contribution in [3.05, 3.63) is 60.2 Å². The number of para-hydroxylation sites is 2. The normalized spacial score (nSPS) is 12.7. The van der Waals surface area contributed by atoms with Crippen LogP contribution in [0.15, 0.2) is 54.6 Å². The van der Waals surface area contributed by atoms with Gasteiger partial charge in [0.25, 0.3) is 0 Å². The quantitative estimate of drug-likeness (QED) is 0.232. The van der Waals surface area contributed by atoms with Gasteiger partial charge in [-0.2, -0.15) is 0 Å². The lowest BCUT2D eigenvalue weighted by Crippen LogP contribution is -2.27. The first-order valence-electron chi connectivity index (χ1n) is 11.8. The zero-order chi connectivity index (χ0) is 25.3. The molecule has 0 fully saturated rings. The average molecular weight is 471 g/mol. The van der Waals surface area contributed by atoms with Crippen molar-refractivity contribution in [2.75, 3.05) is 0 Å². The Balaban J connectivity index is 1.95. The minimum atomic E-state index is -0.655. The van der Waals surface area contributed by atoms with Crippen molar-refractivity contribution in [3.63, 3.8) is 0 Å². The van der Waals surface area contributed by atoms with Gasteiger partial charge in [0.15, 0.2) is 0 Å². The van der Waals surface area contributed by atoms with E-state index < -0.39 is 23.4 Å². The number of nitrogens with zero attached hydrogens (tertiary/aromatic N) is 2. The number of carbonyl (C=O) groups is 2. The number of hydrogen-bond acceptors (Lipinski definition) is 4. The summed E-state index contributed by atoms with van der Waals surface area (Å²) >= 11 is 0. The summed E-state index contributed by atoms with van der Waals surface area (Å²) in [7, 11) is 0. The highest BCUT2D eigenvalue weighted by molar-refractivity contribution is 6.23. The molecule has 2 aromatic heterocycles. The Bertz CT molecular complexity index is 1540. The Morgan fingerprint density at radius 2 is 1.00 bits per heavy atom. The first-order valence-corrected chi connectivity index (χ1v) is 11.8. The Hall–Kier alpha value is -3.80. The van der Waals surface area contributed by atoms with Crippen LogP contribution in [0.3, 0.4) is 0 Å². The SMILES string of the molecule is Cc1c2c(cc3c4ccccc4n(C(=O)OC(C)(C)C)c13)c1ccccc1n2C(=O)OC(C)(C)C. The minimum Gasteiger partial charge on any atom is -0.443 e. The van der Waals surface area contributed by atoms with Crippen molar-refractivity contribution < 1.29 is 19.1 Å². The summed E-state index contributed by atoms with van der Waals surface area (Å²) in [4.78, 5) is 26.9. The monoisotopic (exact) mass is 470 g/mol. The summed E-state index contributed by atoms with van der Waals surface area (Å²) in [6, 6.07) is 17.7. The molecule has 6 heteroatoms. The van der Waals surface area contributed by atoms with Gasteiger partial charge in [0.1, 0.15) is 11.2 Å². The van der Waals surface area contributed by atoms with Crippen LogP contribution in [0.1, 0.15) is 47.1 Å². The fraction of sp³-hybridized carbons (Fsp3) is 0.310. The van der Waals surface area contributed by atoms with Gasteiger partial charge in [-0.3, -0.25) is 0 Å². The molecule has 0 spiro atoms. The van der Waals surface area contributed by atoms with E-state index in [1.165, 1.54) is 0 Å². The molecule has 0 saturated carbocycles. The van der Waals surface area contributed by atoms with Crippen LogP contribution in [-0.4, -0.2) is 32.5 Å². The lowest BCUT2D eigenvalue weighted by Gasteiger charge is -2.21. The molecule has 0 aliphatic rings. The fourth-order valence-electron chi connectivity index (χ4n) is 4.81. The van der Waals surface area contributed by atoms with E-state index in [2.05, 4.69) is 6.07 Å². The maximum absolute atomic E-state index is 13.5. The van der Waals surface area contributed by atoms with Gasteiger partial charge in [-0.05, 0) is 72.2 Å². The number of aryl methyl sites for hydroxylation is 1. The Morgan fingerprint density at radius 3 is 1.37 bits per heavy atom. The predicted octanol–water partition coefficient (Wildman–Crippen LogP) is 7.78. The van der Waals surface area contributed by atoms with E-state index in [4.69, 9.17) is 9.47 Å². The average Bonchev–Trinajstić information content (AvgIpc) is 3.26. The summed E-state index contributed by atoms with van der Waals surface area (Å²) in [6.07, 6.45) is -0.905. The van der Waals surface area contributed by atoms with E-state index in [0.29, 0.717) is 0 Å². The highest BCUT2D eigenvalue weighted by Gasteiger charge is 2.28. The Morgan fingerprint density at radius 1 is 0.629 bits per heavy atom. The van der Waals surface area contributed by atoms with Gasteiger partial charge < -0.3 is 9.47 Å². The van der Waals surface area contributed by atoms with Crippen LogP contribution in [-0.2, 0) is 9.47 Å².